The Bertz CT molecular complexity index is 1060. The second-order valence-electron chi connectivity index (χ2n) is 7.83. The molecule has 180 valence electrons. The van der Waals surface area contributed by atoms with Crippen LogP contribution in [0, 0.1) is 10.1 Å². The summed E-state index contributed by atoms with van der Waals surface area (Å²) >= 11 is 0. The summed E-state index contributed by atoms with van der Waals surface area (Å²) in [5.74, 6) is -1.49. The van der Waals surface area contributed by atoms with E-state index in [0.717, 1.165) is 25.9 Å². The highest BCUT2D eigenvalue weighted by Gasteiger charge is 2.24. The van der Waals surface area contributed by atoms with Crippen LogP contribution in [0.5, 0.6) is 0 Å². The largest absolute Gasteiger partial charge is 0.452 e. The van der Waals surface area contributed by atoms with E-state index in [-0.39, 0.29) is 17.2 Å². The van der Waals surface area contributed by atoms with Crippen molar-refractivity contribution >= 4 is 34.8 Å². The standard InChI is InChI=1S/C24H28N4O6/c1-3-26(4-2)23(30)17-7-10-19(11-8-17)25-22(29)16-34-24(31)18-9-12-20(21(15-18)28(32)33)27-13-5-6-14-27/h7-12,15H,3-6,13-14,16H2,1-2H3,(H,25,29). The molecule has 0 spiro atoms. The maximum atomic E-state index is 12.4. The highest BCUT2D eigenvalue weighted by molar-refractivity contribution is 5.97. The van der Waals surface area contributed by atoms with E-state index in [1.54, 1.807) is 35.2 Å². The van der Waals surface area contributed by atoms with E-state index in [1.165, 1.54) is 12.1 Å². The van der Waals surface area contributed by atoms with Gasteiger partial charge < -0.3 is 19.9 Å². The molecular weight excluding hydrogens is 440 g/mol. The van der Waals surface area contributed by atoms with Gasteiger partial charge in [-0.15, -0.1) is 0 Å². The molecule has 2 amide bonds. The van der Waals surface area contributed by atoms with Crippen LogP contribution in [0.2, 0.25) is 0 Å². The van der Waals surface area contributed by atoms with Crippen molar-refractivity contribution in [3.63, 3.8) is 0 Å². The van der Waals surface area contributed by atoms with Crippen LogP contribution >= 0.6 is 0 Å². The first-order valence-corrected chi connectivity index (χ1v) is 11.2. The monoisotopic (exact) mass is 468 g/mol. The van der Waals surface area contributed by atoms with Gasteiger partial charge in [-0.05, 0) is 63.1 Å². The zero-order valence-electron chi connectivity index (χ0n) is 19.3. The number of carbonyl (C=O) groups is 3. The van der Waals surface area contributed by atoms with Gasteiger partial charge >= 0.3 is 5.97 Å². The lowest BCUT2D eigenvalue weighted by molar-refractivity contribution is -0.384. The third-order valence-electron chi connectivity index (χ3n) is 5.66. The summed E-state index contributed by atoms with van der Waals surface area (Å²) in [5, 5.41) is 14.1. The van der Waals surface area contributed by atoms with Gasteiger partial charge in [0.2, 0.25) is 0 Å². The fraction of sp³-hybridized carbons (Fsp3) is 0.375. The van der Waals surface area contributed by atoms with E-state index in [4.69, 9.17) is 4.74 Å². The molecule has 1 heterocycles. The zero-order valence-corrected chi connectivity index (χ0v) is 19.3. The second-order valence-corrected chi connectivity index (χ2v) is 7.83. The number of nitrogens with zero attached hydrogens (tertiary/aromatic N) is 3. The third kappa shape index (κ3) is 5.89. The van der Waals surface area contributed by atoms with Crippen molar-refractivity contribution in [1.82, 2.24) is 4.90 Å². The summed E-state index contributed by atoms with van der Waals surface area (Å²) in [6, 6.07) is 10.6. The molecule has 1 aliphatic rings. The first-order chi connectivity index (χ1) is 16.3. The second kappa shape index (κ2) is 11.3. The van der Waals surface area contributed by atoms with Gasteiger partial charge in [-0.1, -0.05) is 0 Å². The van der Waals surface area contributed by atoms with Crippen LogP contribution in [0.1, 0.15) is 47.4 Å². The third-order valence-corrected chi connectivity index (χ3v) is 5.66. The molecule has 3 rings (SSSR count). The van der Waals surface area contributed by atoms with Crippen molar-refractivity contribution in [2.75, 3.05) is 43.0 Å². The number of amides is 2. The van der Waals surface area contributed by atoms with Crippen molar-refractivity contribution in [2.45, 2.75) is 26.7 Å². The first-order valence-electron chi connectivity index (χ1n) is 11.2. The predicted octanol–water partition coefficient (Wildman–Crippen LogP) is 3.47. The van der Waals surface area contributed by atoms with E-state index in [0.29, 0.717) is 30.0 Å². The number of ether oxygens (including phenoxy) is 1. The number of rotatable bonds is 9. The molecule has 0 saturated carbocycles. The van der Waals surface area contributed by atoms with E-state index < -0.39 is 23.4 Å². The first kappa shape index (κ1) is 24.7. The maximum Gasteiger partial charge on any atom is 0.338 e. The van der Waals surface area contributed by atoms with Crippen molar-refractivity contribution in [3.05, 3.63) is 63.7 Å². The van der Waals surface area contributed by atoms with Gasteiger partial charge in [0.15, 0.2) is 6.61 Å². The average molecular weight is 469 g/mol. The van der Waals surface area contributed by atoms with Gasteiger partial charge in [-0.2, -0.15) is 0 Å². The topological polar surface area (TPSA) is 122 Å². The predicted molar refractivity (Wildman–Crippen MR) is 127 cm³/mol. The van der Waals surface area contributed by atoms with Crippen LogP contribution in [0.15, 0.2) is 42.5 Å². The van der Waals surface area contributed by atoms with Gasteiger partial charge in [-0.25, -0.2) is 4.79 Å². The van der Waals surface area contributed by atoms with Gasteiger partial charge in [-0.3, -0.25) is 19.7 Å². The molecule has 1 fully saturated rings. The normalized spacial score (nSPS) is 12.8. The molecular formula is C24H28N4O6. The van der Waals surface area contributed by atoms with E-state index >= 15 is 0 Å². The lowest BCUT2D eigenvalue weighted by Gasteiger charge is -2.18. The molecule has 10 nitrogen and oxygen atoms in total. The molecule has 1 aliphatic heterocycles. The summed E-state index contributed by atoms with van der Waals surface area (Å²) in [6.45, 7) is 5.91. The minimum Gasteiger partial charge on any atom is -0.452 e. The fourth-order valence-corrected chi connectivity index (χ4v) is 3.82. The van der Waals surface area contributed by atoms with Crippen LogP contribution in [0.25, 0.3) is 0 Å². The molecule has 1 saturated heterocycles. The maximum absolute atomic E-state index is 12.4. The molecule has 10 heteroatoms. The van der Waals surface area contributed by atoms with Gasteiger partial charge in [0.1, 0.15) is 5.69 Å². The number of hydrogen-bond acceptors (Lipinski definition) is 7. The van der Waals surface area contributed by atoms with Crippen LogP contribution in [0.4, 0.5) is 17.1 Å². The Balaban J connectivity index is 1.57. The molecule has 0 aromatic heterocycles. The van der Waals surface area contributed by atoms with Crippen LogP contribution in [0.3, 0.4) is 0 Å². The minimum atomic E-state index is -0.827. The van der Waals surface area contributed by atoms with E-state index in [1.807, 2.05) is 18.7 Å². The highest BCUT2D eigenvalue weighted by Crippen LogP contribution is 2.31. The summed E-state index contributed by atoms with van der Waals surface area (Å²) < 4.78 is 5.04. The lowest BCUT2D eigenvalue weighted by atomic mass is 10.1. The van der Waals surface area contributed by atoms with Crippen LogP contribution < -0.4 is 10.2 Å². The van der Waals surface area contributed by atoms with Crippen molar-refractivity contribution in [1.29, 1.82) is 0 Å². The highest BCUT2D eigenvalue weighted by atomic mass is 16.6. The van der Waals surface area contributed by atoms with Gasteiger partial charge in [0, 0.05) is 43.5 Å². The fourth-order valence-electron chi connectivity index (χ4n) is 3.82. The quantitative estimate of drug-likeness (QED) is 0.340. The van der Waals surface area contributed by atoms with Gasteiger partial charge in [0.05, 0.1) is 10.5 Å². The molecule has 0 radical (unpaired) electrons. The molecule has 34 heavy (non-hydrogen) atoms. The number of hydrogen-bond donors (Lipinski definition) is 1. The number of nitro groups is 1. The Morgan fingerprint density at radius 1 is 1.03 bits per heavy atom. The van der Waals surface area contributed by atoms with E-state index in [9.17, 15) is 24.5 Å². The van der Waals surface area contributed by atoms with E-state index in [2.05, 4.69) is 5.32 Å². The van der Waals surface area contributed by atoms with Crippen LogP contribution in [-0.4, -0.2) is 60.4 Å². The summed E-state index contributed by atoms with van der Waals surface area (Å²) in [5.41, 5.74) is 1.26. The molecule has 1 N–H and O–H groups in total. The molecule has 0 atom stereocenters. The summed E-state index contributed by atoms with van der Waals surface area (Å²) in [4.78, 5) is 51.5. The number of benzene rings is 2. The summed E-state index contributed by atoms with van der Waals surface area (Å²) in [6.07, 6.45) is 1.93. The minimum absolute atomic E-state index is 0.00159. The number of anilines is 2. The van der Waals surface area contributed by atoms with Crippen LogP contribution in [-0.2, 0) is 9.53 Å². The van der Waals surface area contributed by atoms with Crippen molar-refractivity contribution in [2.24, 2.45) is 0 Å². The molecule has 2 aromatic rings. The Morgan fingerprint density at radius 3 is 2.24 bits per heavy atom. The Morgan fingerprint density at radius 2 is 1.65 bits per heavy atom. The summed E-state index contributed by atoms with van der Waals surface area (Å²) in [7, 11) is 0. The number of esters is 1. The average Bonchev–Trinajstić information content (AvgIpc) is 3.38. The lowest BCUT2D eigenvalue weighted by Crippen LogP contribution is -2.30. The number of nitro benzene ring substituents is 1. The van der Waals surface area contributed by atoms with Crippen molar-refractivity contribution < 1.29 is 24.0 Å². The van der Waals surface area contributed by atoms with Crippen molar-refractivity contribution in [3.8, 4) is 0 Å². The number of nitrogens with one attached hydrogen (secondary N) is 1. The number of carbonyl (C=O) groups excluding carboxylic acids is 3. The molecule has 2 aromatic carbocycles. The Kier molecular flexibility index (Phi) is 8.18. The smallest absolute Gasteiger partial charge is 0.338 e. The molecule has 0 bridgehead atoms. The van der Waals surface area contributed by atoms with Gasteiger partial charge in [0.25, 0.3) is 17.5 Å². The zero-order chi connectivity index (χ0) is 24.7. The Hall–Kier alpha value is -3.95. The molecule has 0 aliphatic carbocycles. The SMILES string of the molecule is CCN(CC)C(=O)c1ccc(NC(=O)COC(=O)c2ccc(N3CCCC3)c([N+](=O)[O-])c2)cc1. The Labute approximate surface area is 197 Å². The molecule has 0 unspecified atom stereocenters.